The Morgan fingerprint density at radius 2 is 1.00 bits per heavy atom. The highest BCUT2D eigenvalue weighted by molar-refractivity contribution is 6.73. The van der Waals surface area contributed by atoms with Crippen LogP contribution in [0.2, 0.25) is 13.1 Å². The molecule has 2 nitrogen and oxygen atoms in total. The molecule has 1 N–H and O–H groups in total. The highest BCUT2D eigenvalue weighted by Gasteiger charge is 2.23. The van der Waals surface area contributed by atoms with Crippen molar-refractivity contribution in [2.45, 2.75) is 39.3 Å². The third-order valence-electron chi connectivity index (χ3n) is 7.15. The summed E-state index contributed by atoms with van der Waals surface area (Å²) in [7, 11) is -0.907. The molecule has 0 amide bonds. The van der Waals surface area contributed by atoms with Gasteiger partial charge in [-0.25, -0.2) is 0 Å². The van der Waals surface area contributed by atoms with E-state index in [2.05, 4.69) is 153 Å². The van der Waals surface area contributed by atoms with E-state index in [4.69, 9.17) is 0 Å². The maximum absolute atomic E-state index is 3.68. The molecule has 196 valence electrons. The minimum atomic E-state index is -0.907. The summed E-state index contributed by atoms with van der Waals surface area (Å²) < 4.78 is 0. The maximum atomic E-state index is 3.68. The summed E-state index contributed by atoms with van der Waals surface area (Å²) in [4.78, 5) is 5.93. The molecule has 0 bridgehead atoms. The highest BCUT2D eigenvalue weighted by Crippen LogP contribution is 2.33. The van der Waals surface area contributed by atoms with E-state index in [1.807, 2.05) is 18.2 Å². The van der Waals surface area contributed by atoms with Crippen molar-refractivity contribution < 1.29 is 0 Å². The molecule has 39 heavy (non-hydrogen) atoms. The van der Waals surface area contributed by atoms with Crippen molar-refractivity contribution in [2.24, 2.45) is 0 Å². The molecule has 0 saturated heterocycles. The summed E-state index contributed by atoms with van der Waals surface area (Å²) in [5, 5.41) is 4.33. The Labute approximate surface area is 234 Å². The minimum absolute atomic E-state index is 0.206. The molecule has 1 heterocycles. The lowest BCUT2D eigenvalue weighted by Crippen LogP contribution is -2.33. The van der Waals surface area contributed by atoms with Gasteiger partial charge in [-0.3, -0.25) is 0 Å². The Morgan fingerprint density at radius 3 is 1.46 bits per heavy atom. The zero-order chi connectivity index (χ0) is 27.4. The van der Waals surface area contributed by atoms with Crippen molar-refractivity contribution in [2.75, 3.05) is 4.90 Å². The van der Waals surface area contributed by atoms with Crippen LogP contribution >= 0.6 is 0 Å². The minimum Gasteiger partial charge on any atom is -0.355 e. The fourth-order valence-electron chi connectivity index (χ4n) is 5.37. The van der Waals surface area contributed by atoms with Crippen LogP contribution in [0.5, 0.6) is 0 Å². The first-order valence-corrected chi connectivity index (χ1v) is 16.7. The highest BCUT2D eigenvalue weighted by atomic mass is 28.3. The van der Waals surface area contributed by atoms with E-state index in [9.17, 15) is 0 Å². The van der Waals surface area contributed by atoms with E-state index >= 15 is 0 Å². The molecule has 0 radical (unpaired) electrons. The summed E-state index contributed by atoms with van der Waals surface area (Å²) in [6.45, 7) is 11.8. The zero-order valence-corrected chi connectivity index (χ0v) is 24.8. The van der Waals surface area contributed by atoms with Crippen LogP contribution in [0.1, 0.15) is 26.3 Å². The monoisotopic (exact) mass is 526 g/mol. The average molecular weight is 527 g/mol. The maximum Gasteiger partial charge on any atom is 0.0678 e. The Bertz CT molecular complexity index is 1550. The van der Waals surface area contributed by atoms with Crippen LogP contribution in [-0.2, 0) is 5.41 Å². The first kappa shape index (κ1) is 26.5. The molecule has 3 heteroatoms. The van der Waals surface area contributed by atoms with Gasteiger partial charge < -0.3 is 9.88 Å². The van der Waals surface area contributed by atoms with Crippen LogP contribution in [0, 0.1) is 0 Å². The van der Waals surface area contributed by atoms with Gasteiger partial charge in [-0.1, -0.05) is 119 Å². The number of fused-ring (bicyclic) bond motifs is 3. The number of aromatic nitrogens is 1. The predicted octanol–water partition coefficient (Wildman–Crippen LogP) is 9.47. The van der Waals surface area contributed by atoms with Crippen LogP contribution in [0.4, 0.5) is 17.1 Å². The molecule has 0 unspecified atom stereocenters. The third-order valence-corrected chi connectivity index (χ3v) is 8.91. The molecule has 0 fully saturated rings. The van der Waals surface area contributed by atoms with Crippen LogP contribution in [0.25, 0.3) is 21.8 Å². The van der Waals surface area contributed by atoms with Crippen molar-refractivity contribution in [3.8, 4) is 0 Å². The van der Waals surface area contributed by atoms with E-state index in [1.165, 1.54) is 44.4 Å². The quantitative estimate of drug-likeness (QED) is 0.227. The number of rotatable bonds is 4. The van der Waals surface area contributed by atoms with Crippen molar-refractivity contribution in [3.63, 3.8) is 0 Å². The second kappa shape index (κ2) is 11.3. The van der Waals surface area contributed by atoms with Gasteiger partial charge in [0, 0.05) is 38.9 Å². The normalized spacial score (nSPS) is 11.4. The molecule has 6 aromatic rings. The molecular formula is C36H38N2Si. The Morgan fingerprint density at radius 1 is 0.538 bits per heavy atom. The van der Waals surface area contributed by atoms with Crippen molar-refractivity contribution in [1.29, 1.82) is 0 Å². The SMILES string of the molecule is C[SiH](C)c1c(C(C)(C)C)ccc2c1[nH]c1ccccc12.c1ccc(N(c2ccccc2)c2ccccc2)cc1. The summed E-state index contributed by atoms with van der Waals surface area (Å²) in [6, 6.07) is 44.5. The van der Waals surface area contributed by atoms with E-state index in [0.717, 1.165) is 0 Å². The second-order valence-electron chi connectivity index (χ2n) is 11.4. The summed E-state index contributed by atoms with van der Waals surface area (Å²) in [6.07, 6.45) is 0. The first-order valence-electron chi connectivity index (χ1n) is 13.8. The van der Waals surface area contributed by atoms with E-state index in [-0.39, 0.29) is 5.41 Å². The topological polar surface area (TPSA) is 19.0 Å². The van der Waals surface area contributed by atoms with Crippen LogP contribution < -0.4 is 10.1 Å². The average Bonchev–Trinajstić information content (AvgIpc) is 3.33. The standard InChI is InChI=1S/C18H23NSi.C18H15N/c1-18(2,3)14-11-10-13-12-8-6-7-9-15(12)19-16(13)17(14)20(4)5;1-4-10-16(11-5-1)19(17-12-6-2-7-13-17)18-14-8-3-9-15-18/h6-11,19-20H,1-5H3;1-15H. The van der Waals surface area contributed by atoms with Gasteiger partial charge in [0.05, 0.1) is 8.80 Å². The van der Waals surface area contributed by atoms with E-state index in [0.29, 0.717) is 0 Å². The van der Waals surface area contributed by atoms with Gasteiger partial charge in [0.25, 0.3) is 0 Å². The van der Waals surface area contributed by atoms with Gasteiger partial charge in [-0.15, -0.1) is 0 Å². The Balaban J connectivity index is 0.000000158. The number of para-hydroxylation sites is 4. The first-order chi connectivity index (χ1) is 18.8. The van der Waals surface area contributed by atoms with Gasteiger partial charge in [0.15, 0.2) is 0 Å². The lowest BCUT2D eigenvalue weighted by molar-refractivity contribution is 0.594. The summed E-state index contributed by atoms with van der Waals surface area (Å²) in [5.74, 6) is 0. The van der Waals surface area contributed by atoms with E-state index in [1.54, 1.807) is 5.19 Å². The smallest absolute Gasteiger partial charge is 0.0678 e. The van der Waals surface area contributed by atoms with Crippen molar-refractivity contribution in [1.82, 2.24) is 4.98 Å². The van der Waals surface area contributed by atoms with Gasteiger partial charge in [-0.05, 0) is 58.6 Å². The zero-order valence-electron chi connectivity index (χ0n) is 23.6. The van der Waals surface area contributed by atoms with Crippen LogP contribution in [-0.4, -0.2) is 13.8 Å². The summed E-state index contributed by atoms with van der Waals surface area (Å²) in [5.41, 5.74) is 7.85. The van der Waals surface area contributed by atoms with Crippen LogP contribution in [0.15, 0.2) is 127 Å². The molecule has 0 aliphatic carbocycles. The summed E-state index contributed by atoms with van der Waals surface area (Å²) >= 11 is 0. The van der Waals surface area contributed by atoms with Gasteiger partial charge >= 0.3 is 0 Å². The van der Waals surface area contributed by atoms with Crippen molar-refractivity contribution >= 4 is 52.9 Å². The number of anilines is 3. The number of benzene rings is 5. The number of nitrogens with zero attached hydrogens (tertiary/aromatic N) is 1. The number of nitrogens with one attached hydrogen (secondary N) is 1. The van der Waals surface area contributed by atoms with Gasteiger partial charge in [0.2, 0.25) is 0 Å². The van der Waals surface area contributed by atoms with E-state index < -0.39 is 8.80 Å². The van der Waals surface area contributed by atoms with Crippen LogP contribution in [0.3, 0.4) is 0 Å². The molecule has 0 spiro atoms. The lowest BCUT2D eigenvalue weighted by Gasteiger charge is -2.25. The Kier molecular flexibility index (Phi) is 7.71. The number of aromatic amines is 1. The second-order valence-corrected chi connectivity index (χ2v) is 14.3. The molecule has 5 aromatic carbocycles. The Hall–Kier alpha value is -4.08. The molecule has 0 saturated carbocycles. The van der Waals surface area contributed by atoms with Crippen molar-refractivity contribution in [3.05, 3.63) is 133 Å². The third kappa shape index (κ3) is 5.69. The number of H-pyrrole nitrogens is 1. The fraction of sp³-hybridized carbons (Fsp3) is 0.167. The van der Waals surface area contributed by atoms with Gasteiger partial charge in [0.1, 0.15) is 0 Å². The molecule has 0 aliphatic heterocycles. The van der Waals surface area contributed by atoms with Gasteiger partial charge in [-0.2, -0.15) is 0 Å². The molecular weight excluding hydrogens is 488 g/mol. The molecule has 0 aliphatic rings. The largest absolute Gasteiger partial charge is 0.355 e. The predicted molar refractivity (Wildman–Crippen MR) is 174 cm³/mol. The number of hydrogen-bond acceptors (Lipinski definition) is 1. The molecule has 6 rings (SSSR count). The lowest BCUT2D eigenvalue weighted by atomic mass is 9.86. The molecule has 0 atom stereocenters. The molecule has 1 aromatic heterocycles. The number of hydrogen-bond donors (Lipinski definition) is 1. The fourth-order valence-corrected chi connectivity index (χ4v) is 7.33.